The molecule has 6 heterocycles. The van der Waals surface area contributed by atoms with Gasteiger partial charge in [-0.3, -0.25) is 4.79 Å². The molecular formula is C27H31N5O4S. The van der Waals surface area contributed by atoms with Crippen LogP contribution in [0.3, 0.4) is 0 Å². The summed E-state index contributed by atoms with van der Waals surface area (Å²) in [7, 11) is -3.89. The fourth-order valence-electron chi connectivity index (χ4n) is 6.49. The third kappa shape index (κ3) is 3.76. The molecule has 9 nitrogen and oxygen atoms in total. The number of nitrogens with one attached hydrogen (secondary N) is 1. The molecule has 1 aromatic carbocycles. The molecule has 10 heteroatoms. The van der Waals surface area contributed by atoms with Gasteiger partial charge in [-0.1, -0.05) is 18.2 Å². The first-order valence-electron chi connectivity index (χ1n) is 13.3. The molecule has 4 aliphatic heterocycles. The number of benzene rings is 1. The molecule has 2 aromatic heterocycles. The van der Waals surface area contributed by atoms with E-state index in [1.54, 1.807) is 11.0 Å². The standard InChI is InChI=1S/C27H31N5O4S/c33-27(30-11-13-36-14-12-30)25-9-10-31(25)37(34,35)21-16-22(24-15-18-3-1-2-4-23(18)29-24)26(28-17-21)32-19-5-6-20(32)8-7-19/h1-4,15-17,19-20,25,29H,5-14H2/t19?,20?,25-/m0/s1. The lowest BCUT2D eigenvalue weighted by molar-refractivity contribution is -0.142. The molecular weight excluding hydrogens is 490 g/mol. The van der Waals surface area contributed by atoms with E-state index in [4.69, 9.17) is 9.72 Å². The summed E-state index contributed by atoms with van der Waals surface area (Å²) in [5, 5.41) is 1.07. The lowest BCUT2D eigenvalue weighted by Crippen LogP contribution is -2.60. The van der Waals surface area contributed by atoms with E-state index in [0.717, 1.165) is 53.7 Å². The summed E-state index contributed by atoms with van der Waals surface area (Å²) in [6, 6.07) is 12.1. The van der Waals surface area contributed by atoms with Gasteiger partial charge in [0.05, 0.1) is 18.9 Å². The summed E-state index contributed by atoms with van der Waals surface area (Å²) in [4.78, 5) is 25.6. The van der Waals surface area contributed by atoms with Crippen LogP contribution in [0.25, 0.3) is 22.2 Å². The Hall–Kier alpha value is -2.95. The molecule has 4 fully saturated rings. The number of H-pyrrole nitrogens is 1. The van der Waals surface area contributed by atoms with Gasteiger partial charge < -0.3 is 19.5 Å². The second-order valence-electron chi connectivity index (χ2n) is 10.5. The normalized spacial score (nSPS) is 26.1. The zero-order valence-corrected chi connectivity index (χ0v) is 21.5. The van der Waals surface area contributed by atoms with Gasteiger partial charge in [-0.25, -0.2) is 13.4 Å². The molecule has 4 aliphatic rings. The van der Waals surface area contributed by atoms with Crippen molar-refractivity contribution in [2.24, 2.45) is 0 Å². The van der Waals surface area contributed by atoms with Crippen LogP contribution in [0.15, 0.2) is 47.5 Å². The quantitative estimate of drug-likeness (QED) is 0.554. The van der Waals surface area contributed by atoms with Crippen molar-refractivity contribution in [3.8, 4) is 11.3 Å². The number of rotatable bonds is 5. The van der Waals surface area contributed by atoms with Crippen molar-refractivity contribution >= 4 is 32.7 Å². The first-order chi connectivity index (χ1) is 18.0. The summed E-state index contributed by atoms with van der Waals surface area (Å²) in [6.45, 7) is 2.32. The molecule has 0 saturated carbocycles. The molecule has 0 unspecified atom stereocenters. The fourth-order valence-corrected chi connectivity index (χ4v) is 8.09. The molecule has 1 atom stereocenters. The van der Waals surface area contributed by atoms with Crippen LogP contribution in [-0.2, 0) is 19.6 Å². The lowest BCUT2D eigenvalue weighted by atomic mass is 10.0. The van der Waals surface area contributed by atoms with Crippen LogP contribution < -0.4 is 4.90 Å². The summed E-state index contributed by atoms with van der Waals surface area (Å²) >= 11 is 0. The number of hydrogen-bond acceptors (Lipinski definition) is 6. The van der Waals surface area contributed by atoms with Crippen LogP contribution in [-0.4, -0.2) is 84.5 Å². The Labute approximate surface area is 216 Å². The highest BCUT2D eigenvalue weighted by atomic mass is 32.2. The molecule has 2 bridgehead atoms. The third-order valence-electron chi connectivity index (χ3n) is 8.54. The van der Waals surface area contributed by atoms with Gasteiger partial charge in [-0.15, -0.1) is 0 Å². The zero-order valence-electron chi connectivity index (χ0n) is 20.7. The van der Waals surface area contributed by atoms with Crippen molar-refractivity contribution < 1.29 is 17.9 Å². The first kappa shape index (κ1) is 23.2. The molecule has 0 aliphatic carbocycles. The summed E-state index contributed by atoms with van der Waals surface area (Å²) in [6.07, 6.45) is 6.63. The second-order valence-corrected chi connectivity index (χ2v) is 12.4. The van der Waals surface area contributed by atoms with E-state index in [0.29, 0.717) is 51.4 Å². The molecule has 194 valence electrons. The third-order valence-corrected chi connectivity index (χ3v) is 10.4. The number of carbonyl (C=O) groups is 1. The number of carbonyl (C=O) groups excluding carboxylic acids is 1. The maximum absolute atomic E-state index is 13.8. The Kier molecular flexibility index (Phi) is 5.53. The minimum atomic E-state index is -3.89. The molecule has 0 radical (unpaired) electrons. The van der Waals surface area contributed by atoms with Crippen molar-refractivity contribution in [2.75, 3.05) is 37.7 Å². The average Bonchev–Trinajstić information content (AvgIpc) is 3.62. The van der Waals surface area contributed by atoms with Crippen molar-refractivity contribution in [1.29, 1.82) is 0 Å². The average molecular weight is 522 g/mol. The minimum absolute atomic E-state index is 0.132. The van der Waals surface area contributed by atoms with Gasteiger partial charge in [0.2, 0.25) is 15.9 Å². The topological polar surface area (TPSA) is 98.8 Å². The number of amides is 1. The van der Waals surface area contributed by atoms with Crippen LogP contribution in [0.2, 0.25) is 0 Å². The Bertz CT molecular complexity index is 1410. The molecule has 1 amide bonds. The molecule has 3 aromatic rings. The number of fused-ring (bicyclic) bond motifs is 3. The van der Waals surface area contributed by atoms with E-state index in [9.17, 15) is 13.2 Å². The number of morpholine rings is 1. The number of ether oxygens (including phenoxy) is 1. The second kappa shape index (κ2) is 8.82. The Balaban J connectivity index is 1.27. The van der Waals surface area contributed by atoms with Crippen molar-refractivity contribution in [3.05, 3.63) is 42.6 Å². The van der Waals surface area contributed by atoms with Gasteiger partial charge >= 0.3 is 0 Å². The van der Waals surface area contributed by atoms with E-state index in [2.05, 4.69) is 16.0 Å². The van der Waals surface area contributed by atoms with Crippen LogP contribution in [0.4, 0.5) is 5.82 Å². The number of aromatic amines is 1. The van der Waals surface area contributed by atoms with Crippen molar-refractivity contribution in [1.82, 2.24) is 19.2 Å². The fraction of sp³-hybridized carbons (Fsp3) is 0.481. The zero-order chi connectivity index (χ0) is 25.1. The van der Waals surface area contributed by atoms with E-state index >= 15 is 0 Å². The first-order valence-corrected chi connectivity index (χ1v) is 14.7. The minimum Gasteiger partial charge on any atom is -0.378 e. The SMILES string of the molecule is O=C([C@@H]1CCN1S(=O)(=O)c1cnc(N2C3CCC2CC3)c(-c2cc3ccccc3[nH]2)c1)N1CCOCC1. The van der Waals surface area contributed by atoms with Crippen LogP contribution in [0.5, 0.6) is 0 Å². The van der Waals surface area contributed by atoms with Crippen LogP contribution in [0, 0.1) is 0 Å². The monoisotopic (exact) mass is 521 g/mol. The molecule has 7 rings (SSSR count). The van der Waals surface area contributed by atoms with E-state index in [1.807, 2.05) is 24.3 Å². The largest absolute Gasteiger partial charge is 0.378 e. The van der Waals surface area contributed by atoms with Gasteiger partial charge in [0.1, 0.15) is 16.8 Å². The Morgan fingerprint density at radius 2 is 1.70 bits per heavy atom. The number of anilines is 1. The molecule has 4 saturated heterocycles. The number of nitrogens with zero attached hydrogens (tertiary/aromatic N) is 4. The van der Waals surface area contributed by atoms with Gasteiger partial charge in [0.15, 0.2) is 0 Å². The predicted molar refractivity (Wildman–Crippen MR) is 140 cm³/mol. The Morgan fingerprint density at radius 1 is 0.973 bits per heavy atom. The smallest absolute Gasteiger partial charge is 0.245 e. The number of hydrogen-bond donors (Lipinski definition) is 1. The van der Waals surface area contributed by atoms with Gasteiger partial charge in [0, 0.05) is 54.4 Å². The van der Waals surface area contributed by atoms with Crippen molar-refractivity contribution in [2.45, 2.75) is 55.1 Å². The molecule has 1 N–H and O–H groups in total. The van der Waals surface area contributed by atoms with E-state index in [-0.39, 0.29) is 10.8 Å². The highest BCUT2D eigenvalue weighted by Gasteiger charge is 2.46. The highest BCUT2D eigenvalue weighted by molar-refractivity contribution is 7.89. The number of aromatic nitrogens is 2. The van der Waals surface area contributed by atoms with Gasteiger partial charge in [-0.2, -0.15) is 4.31 Å². The Morgan fingerprint density at radius 3 is 2.38 bits per heavy atom. The predicted octanol–water partition coefficient (Wildman–Crippen LogP) is 2.98. The highest BCUT2D eigenvalue weighted by Crippen LogP contribution is 2.44. The summed E-state index contributed by atoms with van der Waals surface area (Å²) in [5.74, 6) is 0.715. The van der Waals surface area contributed by atoms with E-state index < -0.39 is 16.1 Å². The van der Waals surface area contributed by atoms with Gasteiger partial charge in [-0.05, 0) is 50.3 Å². The molecule has 0 spiro atoms. The molecule has 37 heavy (non-hydrogen) atoms. The van der Waals surface area contributed by atoms with Crippen LogP contribution >= 0.6 is 0 Å². The lowest BCUT2D eigenvalue weighted by Gasteiger charge is -2.41. The van der Waals surface area contributed by atoms with E-state index in [1.165, 1.54) is 10.5 Å². The summed E-state index contributed by atoms with van der Waals surface area (Å²) < 4.78 is 34.3. The van der Waals surface area contributed by atoms with Crippen molar-refractivity contribution in [3.63, 3.8) is 0 Å². The maximum Gasteiger partial charge on any atom is 0.245 e. The van der Waals surface area contributed by atoms with Crippen LogP contribution in [0.1, 0.15) is 32.1 Å². The number of sulfonamides is 1. The number of pyridine rings is 1. The number of para-hydroxylation sites is 1. The van der Waals surface area contributed by atoms with Gasteiger partial charge in [0.25, 0.3) is 0 Å². The summed E-state index contributed by atoms with van der Waals surface area (Å²) in [5.41, 5.74) is 2.66. The maximum atomic E-state index is 13.8.